The monoisotopic (exact) mass is 382 g/mol. The first-order chi connectivity index (χ1) is 12.6. The van der Waals surface area contributed by atoms with Crippen molar-refractivity contribution in [3.63, 3.8) is 0 Å². The van der Waals surface area contributed by atoms with E-state index >= 15 is 0 Å². The van der Waals surface area contributed by atoms with E-state index < -0.39 is 23.4 Å². The number of halogens is 3. The van der Waals surface area contributed by atoms with Crippen molar-refractivity contribution >= 4 is 11.7 Å². The minimum atomic E-state index is -4.58. The fourth-order valence-corrected chi connectivity index (χ4v) is 2.52. The third kappa shape index (κ3) is 6.18. The molecule has 0 aliphatic carbocycles. The van der Waals surface area contributed by atoms with E-state index in [-0.39, 0.29) is 18.7 Å². The second kappa shape index (κ2) is 8.30. The van der Waals surface area contributed by atoms with Crippen molar-refractivity contribution in [1.82, 2.24) is 5.32 Å². The summed E-state index contributed by atoms with van der Waals surface area (Å²) in [5.74, 6) is 0.680. The molecule has 8 heteroatoms. The summed E-state index contributed by atoms with van der Waals surface area (Å²) in [6.07, 6.45) is -4.33. The number of hydrogen-bond acceptors (Lipinski definition) is 3. The van der Waals surface area contributed by atoms with Crippen LogP contribution in [0, 0.1) is 0 Å². The van der Waals surface area contributed by atoms with Crippen LogP contribution in [0.25, 0.3) is 0 Å². The lowest BCUT2D eigenvalue weighted by Gasteiger charge is -2.24. The highest BCUT2D eigenvalue weighted by molar-refractivity contribution is 5.90. The van der Waals surface area contributed by atoms with Gasteiger partial charge in [0.15, 0.2) is 0 Å². The normalized spacial score (nSPS) is 13.6. The molecule has 0 spiro atoms. The molecule has 27 heavy (non-hydrogen) atoms. The largest absolute Gasteiger partial charge is 0.497 e. The number of carbonyl (C=O) groups excluding carboxylic acids is 1. The number of nitrogens with one attached hydrogen (secondary N) is 2. The lowest BCUT2D eigenvalue weighted by atomic mass is 9.96. The van der Waals surface area contributed by atoms with Gasteiger partial charge in [0, 0.05) is 13.0 Å². The predicted octanol–water partition coefficient (Wildman–Crippen LogP) is 3.83. The number of anilines is 1. The zero-order chi connectivity index (χ0) is 20.1. The number of ether oxygens (including phenoxy) is 1. The summed E-state index contributed by atoms with van der Waals surface area (Å²) >= 11 is 0. The Bertz CT molecular complexity index is 775. The summed E-state index contributed by atoms with van der Waals surface area (Å²) in [6, 6.07) is 10.9. The lowest BCUT2D eigenvalue weighted by Crippen LogP contribution is -2.43. The van der Waals surface area contributed by atoms with E-state index in [1.807, 2.05) is 0 Å². The Balaban J connectivity index is 1.94. The van der Waals surface area contributed by atoms with Crippen molar-refractivity contribution < 1.29 is 27.8 Å². The highest BCUT2D eigenvalue weighted by atomic mass is 19.4. The van der Waals surface area contributed by atoms with Crippen LogP contribution in [0.5, 0.6) is 5.75 Å². The van der Waals surface area contributed by atoms with Crippen LogP contribution in [0.3, 0.4) is 0 Å². The first-order valence-corrected chi connectivity index (χ1v) is 8.17. The molecule has 3 N–H and O–H groups in total. The number of para-hydroxylation sites is 1. The Hall–Kier alpha value is -2.74. The van der Waals surface area contributed by atoms with Crippen molar-refractivity contribution in [3.05, 3.63) is 59.7 Å². The van der Waals surface area contributed by atoms with E-state index in [1.54, 1.807) is 31.4 Å². The Morgan fingerprint density at radius 1 is 1.11 bits per heavy atom. The molecule has 2 amide bonds. The summed E-state index contributed by atoms with van der Waals surface area (Å²) < 4.78 is 43.9. The van der Waals surface area contributed by atoms with Crippen LogP contribution in [0.1, 0.15) is 18.1 Å². The molecular weight excluding hydrogens is 361 g/mol. The average molecular weight is 382 g/mol. The van der Waals surface area contributed by atoms with Gasteiger partial charge in [-0.1, -0.05) is 24.3 Å². The van der Waals surface area contributed by atoms with E-state index in [0.29, 0.717) is 5.75 Å². The third-order valence-electron chi connectivity index (χ3n) is 3.85. The van der Waals surface area contributed by atoms with Gasteiger partial charge in [-0.2, -0.15) is 13.2 Å². The standard InChI is InChI=1S/C19H21F3N2O3/c1-18(26,11-13-7-9-14(27-2)10-8-13)12-23-17(25)24-16-6-4-3-5-15(16)19(20,21)22/h3-10,26H,11-12H2,1-2H3,(H2,23,24,25)/t18-/m0/s1. The van der Waals surface area contributed by atoms with E-state index in [0.717, 1.165) is 17.7 Å². The van der Waals surface area contributed by atoms with Gasteiger partial charge in [0.2, 0.25) is 0 Å². The Labute approximate surface area is 155 Å². The first kappa shape index (κ1) is 20.6. The number of carbonyl (C=O) groups is 1. The second-order valence-electron chi connectivity index (χ2n) is 6.37. The zero-order valence-corrected chi connectivity index (χ0v) is 14.9. The van der Waals surface area contributed by atoms with Gasteiger partial charge in [-0.05, 0) is 36.8 Å². The fraction of sp³-hybridized carbons (Fsp3) is 0.316. The molecule has 0 saturated heterocycles. The molecule has 146 valence electrons. The molecule has 0 heterocycles. The van der Waals surface area contributed by atoms with Gasteiger partial charge >= 0.3 is 12.2 Å². The summed E-state index contributed by atoms with van der Waals surface area (Å²) in [5, 5.41) is 15.0. The molecule has 2 rings (SSSR count). The summed E-state index contributed by atoms with van der Waals surface area (Å²) in [5.41, 5.74) is -1.75. The van der Waals surface area contributed by atoms with Gasteiger partial charge in [0.05, 0.1) is 24.0 Å². The van der Waals surface area contributed by atoms with Crippen molar-refractivity contribution in [2.45, 2.75) is 25.1 Å². The van der Waals surface area contributed by atoms with Crippen molar-refractivity contribution in [2.75, 3.05) is 19.0 Å². The number of urea groups is 1. The van der Waals surface area contributed by atoms with Gasteiger partial charge in [0.1, 0.15) is 5.75 Å². The maximum atomic E-state index is 12.9. The number of methoxy groups -OCH3 is 1. The maximum Gasteiger partial charge on any atom is 0.418 e. The molecule has 0 saturated carbocycles. The van der Waals surface area contributed by atoms with Crippen molar-refractivity contribution in [2.24, 2.45) is 0 Å². The molecule has 2 aromatic rings. The van der Waals surface area contributed by atoms with Crippen LogP contribution in [0.4, 0.5) is 23.7 Å². The van der Waals surface area contributed by atoms with Gasteiger partial charge in [-0.3, -0.25) is 0 Å². The van der Waals surface area contributed by atoms with Gasteiger partial charge < -0.3 is 20.5 Å². The zero-order valence-electron chi connectivity index (χ0n) is 14.9. The highest BCUT2D eigenvalue weighted by Gasteiger charge is 2.33. The molecule has 0 aromatic heterocycles. The van der Waals surface area contributed by atoms with Crippen LogP contribution in [-0.4, -0.2) is 30.4 Å². The second-order valence-corrected chi connectivity index (χ2v) is 6.37. The minimum absolute atomic E-state index is 0.140. The third-order valence-corrected chi connectivity index (χ3v) is 3.85. The fourth-order valence-electron chi connectivity index (χ4n) is 2.52. The molecule has 2 aromatic carbocycles. The van der Waals surface area contributed by atoms with Crippen LogP contribution >= 0.6 is 0 Å². The minimum Gasteiger partial charge on any atom is -0.497 e. The number of alkyl halides is 3. The number of amides is 2. The maximum absolute atomic E-state index is 12.9. The number of benzene rings is 2. The van der Waals surface area contributed by atoms with E-state index in [1.165, 1.54) is 19.1 Å². The van der Waals surface area contributed by atoms with Gasteiger partial charge in [0.25, 0.3) is 0 Å². The van der Waals surface area contributed by atoms with Crippen LogP contribution in [0.2, 0.25) is 0 Å². The van der Waals surface area contributed by atoms with E-state index in [9.17, 15) is 23.1 Å². The Morgan fingerprint density at radius 3 is 2.33 bits per heavy atom. The highest BCUT2D eigenvalue weighted by Crippen LogP contribution is 2.34. The molecule has 0 fully saturated rings. The molecule has 5 nitrogen and oxygen atoms in total. The topological polar surface area (TPSA) is 70.6 Å². The Kier molecular flexibility index (Phi) is 6.32. The summed E-state index contributed by atoms with van der Waals surface area (Å²) in [4.78, 5) is 12.0. The predicted molar refractivity (Wildman–Crippen MR) is 95.8 cm³/mol. The quantitative estimate of drug-likeness (QED) is 0.711. The van der Waals surface area contributed by atoms with Crippen molar-refractivity contribution in [3.8, 4) is 5.75 Å². The number of rotatable bonds is 6. The summed E-state index contributed by atoms with van der Waals surface area (Å²) in [7, 11) is 1.55. The van der Waals surface area contributed by atoms with Gasteiger partial charge in [-0.15, -0.1) is 0 Å². The molecule has 0 unspecified atom stereocenters. The molecule has 0 aliphatic rings. The van der Waals surface area contributed by atoms with Crippen LogP contribution in [-0.2, 0) is 12.6 Å². The molecular formula is C19H21F3N2O3. The number of hydrogen-bond donors (Lipinski definition) is 3. The Morgan fingerprint density at radius 2 is 1.74 bits per heavy atom. The summed E-state index contributed by atoms with van der Waals surface area (Å²) in [6.45, 7) is 1.39. The van der Waals surface area contributed by atoms with Gasteiger partial charge in [-0.25, -0.2) is 4.79 Å². The molecule has 0 radical (unpaired) electrons. The van der Waals surface area contributed by atoms with Crippen LogP contribution < -0.4 is 15.4 Å². The van der Waals surface area contributed by atoms with Crippen molar-refractivity contribution in [1.29, 1.82) is 0 Å². The van der Waals surface area contributed by atoms with E-state index in [4.69, 9.17) is 4.74 Å². The smallest absolute Gasteiger partial charge is 0.418 e. The molecule has 0 aliphatic heterocycles. The molecule has 1 atom stereocenters. The SMILES string of the molecule is COc1ccc(C[C@](C)(O)CNC(=O)Nc2ccccc2C(F)(F)F)cc1. The number of aliphatic hydroxyl groups is 1. The van der Waals surface area contributed by atoms with Crippen LogP contribution in [0.15, 0.2) is 48.5 Å². The van der Waals surface area contributed by atoms with E-state index in [2.05, 4.69) is 10.6 Å². The average Bonchev–Trinajstić information content (AvgIpc) is 2.60. The molecule has 0 bridgehead atoms. The lowest BCUT2D eigenvalue weighted by molar-refractivity contribution is -0.136. The first-order valence-electron chi connectivity index (χ1n) is 8.17.